The third kappa shape index (κ3) is 1.03. The second-order valence-corrected chi connectivity index (χ2v) is 4.03. The van der Waals surface area contributed by atoms with Crippen molar-refractivity contribution < 1.29 is 4.79 Å². The number of nitrogen functional groups attached to an aromatic ring is 1. The fourth-order valence-corrected chi connectivity index (χ4v) is 2.28. The normalized spacial score (nSPS) is 14.5. The van der Waals surface area contributed by atoms with Crippen molar-refractivity contribution in [2.24, 2.45) is 0 Å². The van der Waals surface area contributed by atoms with Gasteiger partial charge < -0.3 is 11.1 Å². The Morgan fingerprint density at radius 2 is 2.00 bits per heavy atom. The predicted octanol–water partition coefficient (Wildman–Crippen LogP) is 2.18. The van der Waals surface area contributed by atoms with Gasteiger partial charge >= 0.3 is 0 Å². The van der Waals surface area contributed by atoms with Crippen molar-refractivity contribution in [3.05, 3.63) is 41.5 Å². The highest BCUT2D eigenvalue weighted by Gasteiger charge is 2.25. The van der Waals surface area contributed by atoms with Gasteiger partial charge in [0.15, 0.2) is 0 Å². The summed E-state index contributed by atoms with van der Waals surface area (Å²) in [4.78, 5) is 11.9. The second-order valence-electron chi connectivity index (χ2n) is 4.03. The summed E-state index contributed by atoms with van der Waals surface area (Å²) in [5.74, 6) is -0.234. The van der Waals surface area contributed by atoms with Gasteiger partial charge in [-0.2, -0.15) is 0 Å². The Bertz CT molecular complexity index is 644. The zero-order chi connectivity index (χ0) is 11.3. The van der Waals surface area contributed by atoms with Gasteiger partial charge in [-0.3, -0.25) is 4.79 Å². The van der Waals surface area contributed by atoms with Crippen LogP contribution in [0.5, 0.6) is 0 Å². The van der Waals surface area contributed by atoms with Gasteiger partial charge in [0.25, 0.3) is 0 Å². The Hall–Kier alpha value is -2.16. The van der Waals surface area contributed by atoms with Gasteiger partial charge in [-0.25, -0.2) is 0 Å². The molecule has 0 saturated carbocycles. The summed E-state index contributed by atoms with van der Waals surface area (Å²) >= 11 is 0. The molecule has 2 aromatic carbocycles. The molecule has 1 aliphatic rings. The molecular weight excluding hydrogens is 200 g/mol. The third-order valence-corrected chi connectivity index (χ3v) is 3.03. The van der Waals surface area contributed by atoms with Gasteiger partial charge in [-0.1, -0.05) is 24.3 Å². The van der Waals surface area contributed by atoms with Crippen LogP contribution in [-0.4, -0.2) is 11.5 Å². The molecule has 3 N–H and O–H groups in total. The van der Waals surface area contributed by atoms with Gasteiger partial charge in [0.2, 0.25) is 5.78 Å². The Kier molecular flexibility index (Phi) is 1.66. The van der Waals surface area contributed by atoms with Crippen molar-refractivity contribution in [3.8, 4) is 0 Å². The minimum atomic E-state index is -0.234. The number of anilines is 1. The highest BCUT2D eigenvalue weighted by Crippen LogP contribution is 2.32. The third-order valence-electron chi connectivity index (χ3n) is 3.03. The maximum atomic E-state index is 11.9. The molecule has 0 heterocycles. The van der Waals surface area contributed by atoms with E-state index in [4.69, 9.17) is 11.1 Å². The number of nitrogens with one attached hydrogen (secondary N) is 1. The minimum absolute atomic E-state index is 0.123. The SMILES string of the molecule is N=C1Cc2cccc3ccc(N)c(c23)C1=O. The highest BCUT2D eigenvalue weighted by atomic mass is 16.1. The first kappa shape index (κ1) is 9.09. The smallest absolute Gasteiger partial charge is 0.209 e. The molecule has 3 heteroatoms. The Balaban J connectivity index is 2.55. The molecule has 0 unspecified atom stereocenters. The predicted molar refractivity (Wildman–Crippen MR) is 64.1 cm³/mol. The Morgan fingerprint density at radius 1 is 1.19 bits per heavy atom. The first-order valence-corrected chi connectivity index (χ1v) is 5.10. The van der Waals surface area contributed by atoms with Crippen LogP contribution in [-0.2, 0) is 6.42 Å². The number of benzene rings is 2. The molecule has 0 amide bonds. The summed E-state index contributed by atoms with van der Waals surface area (Å²) in [6.07, 6.45) is 0.409. The van der Waals surface area contributed by atoms with Crippen molar-refractivity contribution >= 4 is 28.0 Å². The molecule has 0 saturated heterocycles. The fourth-order valence-electron chi connectivity index (χ4n) is 2.28. The first-order valence-electron chi connectivity index (χ1n) is 5.10. The summed E-state index contributed by atoms with van der Waals surface area (Å²) in [7, 11) is 0. The topological polar surface area (TPSA) is 66.9 Å². The molecule has 16 heavy (non-hydrogen) atoms. The molecule has 3 rings (SSSR count). The largest absolute Gasteiger partial charge is 0.398 e. The standard InChI is InChI=1S/C13H10N2O/c14-9-5-4-7-2-1-3-8-6-10(15)13(16)12(9)11(7)8/h1-5,15H,6,14H2. The summed E-state index contributed by atoms with van der Waals surface area (Å²) < 4.78 is 0. The molecule has 2 aromatic rings. The van der Waals surface area contributed by atoms with Crippen molar-refractivity contribution in [2.45, 2.75) is 6.42 Å². The maximum Gasteiger partial charge on any atom is 0.209 e. The number of rotatable bonds is 0. The number of Topliss-reactive ketones (excluding diaryl/α,β-unsaturated/α-hetero) is 1. The van der Waals surface area contributed by atoms with Crippen LogP contribution < -0.4 is 5.73 Å². The fraction of sp³-hybridized carbons (Fsp3) is 0.0769. The molecule has 0 fully saturated rings. The summed E-state index contributed by atoms with van der Waals surface area (Å²) in [6, 6.07) is 9.51. The number of nitrogens with two attached hydrogens (primary N) is 1. The molecule has 3 nitrogen and oxygen atoms in total. The van der Waals surface area contributed by atoms with Gasteiger partial charge in [0.1, 0.15) is 0 Å². The summed E-state index contributed by atoms with van der Waals surface area (Å²) in [6.45, 7) is 0. The summed E-state index contributed by atoms with van der Waals surface area (Å²) in [5.41, 5.74) is 7.95. The highest BCUT2D eigenvalue weighted by molar-refractivity contribution is 6.50. The van der Waals surface area contributed by atoms with Gasteiger partial charge in [0.05, 0.1) is 11.3 Å². The number of carbonyl (C=O) groups is 1. The molecule has 0 atom stereocenters. The maximum absolute atomic E-state index is 11.9. The van der Waals surface area contributed by atoms with E-state index >= 15 is 0 Å². The molecule has 0 spiro atoms. The Labute approximate surface area is 92.4 Å². The van der Waals surface area contributed by atoms with Crippen LogP contribution in [0.3, 0.4) is 0 Å². The van der Waals surface area contributed by atoms with Crippen molar-refractivity contribution in [2.75, 3.05) is 5.73 Å². The molecule has 0 aliphatic heterocycles. The van der Waals surface area contributed by atoms with E-state index in [-0.39, 0.29) is 11.5 Å². The molecule has 0 bridgehead atoms. The lowest BCUT2D eigenvalue weighted by atomic mass is 9.86. The number of hydrogen-bond donors (Lipinski definition) is 2. The van der Waals surface area contributed by atoms with Crippen molar-refractivity contribution in [3.63, 3.8) is 0 Å². The van der Waals surface area contributed by atoms with Crippen LogP contribution in [0.25, 0.3) is 10.8 Å². The molecule has 0 radical (unpaired) electrons. The lowest BCUT2D eigenvalue weighted by Gasteiger charge is -2.18. The quantitative estimate of drug-likeness (QED) is 0.654. The second kappa shape index (κ2) is 2.92. The van der Waals surface area contributed by atoms with Crippen LogP contribution >= 0.6 is 0 Å². The van der Waals surface area contributed by atoms with Crippen molar-refractivity contribution in [1.29, 1.82) is 5.41 Å². The minimum Gasteiger partial charge on any atom is -0.398 e. The number of carbonyl (C=O) groups excluding carboxylic acids is 1. The van der Waals surface area contributed by atoms with Gasteiger partial charge in [-0.05, 0) is 22.4 Å². The van der Waals surface area contributed by atoms with Gasteiger partial charge in [0, 0.05) is 12.1 Å². The number of ketones is 1. The van der Waals surface area contributed by atoms with E-state index in [1.165, 1.54) is 0 Å². The molecule has 0 aromatic heterocycles. The van der Waals surface area contributed by atoms with E-state index in [2.05, 4.69) is 0 Å². The van der Waals surface area contributed by atoms with Crippen LogP contribution in [0, 0.1) is 5.41 Å². The van der Waals surface area contributed by atoms with Gasteiger partial charge in [-0.15, -0.1) is 0 Å². The zero-order valence-electron chi connectivity index (χ0n) is 8.58. The van der Waals surface area contributed by atoms with E-state index in [0.717, 1.165) is 16.3 Å². The monoisotopic (exact) mass is 210 g/mol. The van der Waals surface area contributed by atoms with Crippen molar-refractivity contribution in [1.82, 2.24) is 0 Å². The average Bonchev–Trinajstić information content (AvgIpc) is 2.28. The van der Waals surface area contributed by atoms with E-state index in [9.17, 15) is 4.79 Å². The number of hydrogen-bond acceptors (Lipinski definition) is 3. The Morgan fingerprint density at radius 3 is 2.81 bits per heavy atom. The lowest BCUT2D eigenvalue weighted by molar-refractivity contribution is 0.106. The average molecular weight is 210 g/mol. The van der Waals surface area contributed by atoms with Crippen LogP contribution in [0.1, 0.15) is 15.9 Å². The lowest BCUT2D eigenvalue weighted by Crippen LogP contribution is -2.22. The van der Waals surface area contributed by atoms with E-state index in [0.29, 0.717) is 17.7 Å². The van der Waals surface area contributed by atoms with E-state index in [1.54, 1.807) is 6.07 Å². The van der Waals surface area contributed by atoms with E-state index in [1.807, 2.05) is 24.3 Å². The van der Waals surface area contributed by atoms with Crippen LogP contribution in [0.2, 0.25) is 0 Å². The zero-order valence-corrected chi connectivity index (χ0v) is 8.58. The molecule has 1 aliphatic carbocycles. The summed E-state index contributed by atoms with van der Waals surface area (Å²) in [5, 5.41) is 9.62. The van der Waals surface area contributed by atoms with Crippen LogP contribution in [0.4, 0.5) is 5.69 Å². The van der Waals surface area contributed by atoms with Crippen LogP contribution in [0.15, 0.2) is 30.3 Å². The first-order chi connectivity index (χ1) is 7.68. The van der Waals surface area contributed by atoms with E-state index < -0.39 is 0 Å². The molecule has 78 valence electrons. The molecular formula is C13H10N2O.